The number of carboxylic acid groups (broad SMARTS) is 1. The lowest BCUT2D eigenvalue weighted by molar-refractivity contribution is -0.159. The van der Waals surface area contributed by atoms with E-state index in [1.54, 1.807) is 13.8 Å². The lowest BCUT2D eigenvalue weighted by Gasteiger charge is -2.32. The fraction of sp³-hybridized carbons (Fsp3) is 0.857. The molecule has 4 heteroatoms. The molecule has 0 rings (SSSR count). The molecule has 0 aliphatic rings. The van der Waals surface area contributed by atoms with Gasteiger partial charge in [-0.05, 0) is 46.5 Å². The highest BCUT2D eigenvalue weighted by molar-refractivity contribution is 5.74. The van der Waals surface area contributed by atoms with Gasteiger partial charge in [0.15, 0.2) is 0 Å². The van der Waals surface area contributed by atoms with E-state index in [2.05, 4.69) is 0 Å². The summed E-state index contributed by atoms with van der Waals surface area (Å²) in [5.74, 6) is -1.13. The van der Waals surface area contributed by atoms with Gasteiger partial charge in [-0.1, -0.05) is 13.8 Å². The lowest BCUT2D eigenvalue weighted by Crippen LogP contribution is -2.33. The monoisotopic (exact) mass is 258 g/mol. The molecule has 0 aromatic rings. The maximum absolute atomic E-state index is 11.8. The number of hydrogen-bond acceptors (Lipinski definition) is 3. The number of ether oxygens (including phenoxy) is 1. The predicted molar refractivity (Wildman–Crippen MR) is 70.3 cm³/mol. The van der Waals surface area contributed by atoms with E-state index in [-0.39, 0.29) is 12.4 Å². The van der Waals surface area contributed by atoms with Crippen LogP contribution in [-0.4, -0.2) is 22.6 Å². The van der Waals surface area contributed by atoms with Gasteiger partial charge in [0.2, 0.25) is 0 Å². The van der Waals surface area contributed by atoms with Crippen molar-refractivity contribution in [1.29, 1.82) is 0 Å². The van der Waals surface area contributed by atoms with E-state index in [1.165, 1.54) is 0 Å². The molecule has 106 valence electrons. The van der Waals surface area contributed by atoms with Gasteiger partial charge < -0.3 is 9.84 Å². The topological polar surface area (TPSA) is 63.6 Å². The SMILES string of the molecule is CC(C)(CC(=O)OC(C)(C)C)CC(C)(C)C(=O)O. The van der Waals surface area contributed by atoms with Crippen LogP contribution in [0.3, 0.4) is 0 Å². The molecule has 0 radical (unpaired) electrons. The average Bonchev–Trinajstić information content (AvgIpc) is 1.94. The van der Waals surface area contributed by atoms with Gasteiger partial charge in [0.05, 0.1) is 11.8 Å². The molecule has 0 aromatic carbocycles. The van der Waals surface area contributed by atoms with Crippen LogP contribution in [0.1, 0.15) is 61.3 Å². The summed E-state index contributed by atoms with van der Waals surface area (Å²) >= 11 is 0. The van der Waals surface area contributed by atoms with Crippen LogP contribution < -0.4 is 0 Å². The van der Waals surface area contributed by atoms with Gasteiger partial charge >= 0.3 is 11.9 Å². The van der Waals surface area contributed by atoms with Crippen molar-refractivity contribution in [3.8, 4) is 0 Å². The number of carbonyl (C=O) groups is 2. The number of aliphatic carboxylic acids is 1. The van der Waals surface area contributed by atoms with Gasteiger partial charge in [-0.2, -0.15) is 0 Å². The van der Waals surface area contributed by atoms with Crippen LogP contribution in [-0.2, 0) is 14.3 Å². The van der Waals surface area contributed by atoms with Crippen molar-refractivity contribution in [2.45, 2.75) is 66.9 Å². The number of carboxylic acids is 1. The van der Waals surface area contributed by atoms with Crippen LogP contribution in [0.15, 0.2) is 0 Å². The molecule has 0 aliphatic carbocycles. The summed E-state index contributed by atoms with van der Waals surface area (Å²) in [5, 5.41) is 9.11. The smallest absolute Gasteiger partial charge is 0.309 e. The highest BCUT2D eigenvalue weighted by Crippen LogP contribution is 2.36. The largest absolute Gasteiger partial charge is 0.481 e. The molecule has 18 heavy (non-hydrogen) atoms. The van der Waals surface area contributed by atoms with E-state index in [9.17, 15) is 9.59 Å². The summed E-state index contributed by atoms with van der Waals surface area (Å²) in [5.41, 5.74) is -1.74. The number of hydrogen-bond donors (Lipinski definition) is 1. The van der Waals surface area contributed by atoms with Crippen molar-refractivity contribution in [1.82, 2.24) is 0 Å². The Balaban J connectivity index is 4.58. The van der Waals surface area contributed by atoms with E-state index >= 15 is 0 Å². The van der Waals surface area contributed by atoms with Crippen molar-refractivity contribution < 1.29 is 19.4 Å². The van der Waals surface area contributed by atoms with Crippen LogP contribution in [0.25, 0.3) is 0 Å². The first-order valence-electron chi connectivity index (χ1n) is 6.20. The summed E-state index contributed by atoms with van der Waals surface area (Å²) in [6.45, 7) is 12.6. The second-order valence-corrected chi connectivity index (χ2v) is 7.29. The van der Waals surface area contributed by atoms with Gasteiger partial charge in [0, 0.05) is 0 Å². The van der Waals surface area contributed by atoms with E-state index in [1.807, 2.05) is 34.6 Å². The first-order chi connectivity index (χ1) is 7.75. The molecule has 0 bridgehead atoms. The molecule has 0 aromatic heterocycles. The Labute approximate surface area is 110 Å². The van der Waals surface area contributed by atoms with E-state index in [0.29, 0.717) is 6.42 Å². The van der Waals surface area contributed by atoms with Gasteiger partial charge in [-0.25, -0.2) is 0 Å². The minimum atomic E-state index is -0.847. The fourth-order valence-corrected chi connectivity index (χ4v) is 2.10. The molecule has 0 heterocycles. The Morgan fingerprint density at radius 3 is 1.78 bits per heavy atom. The first kappa shape index (κ1) is 16.9. The Morgan fingerprint density at radius 2 is 1.44 bits per heavy atom. The van der Waals surface area contributed by atoms with Gasteiger partial charge in [0.1, 0.15) is 5.60 Å². The molecule has 0 atom stereocenters. The second-order valence-electron chi connectivity index (χ2n) is 7.29. The first-order valence-corrected chi connectivity index (χ1v) is 6.20. The molecular weight excluding hydrogens is 232 g/mol. The summed E-state index contributed by atoms with van der Waals surface area (Å²) in [6, 6.07) is 0. The molecule has 0 amide bonds. The summed E-state index contributed by atoms with van der Waals surface area (Å²) in [6.07, 6.45) is 0.648. The molecule has 1 N–H and O–H groups in total. The minimum absolute atomic E-state index is 0.223. The zero-order valence-corrected chi connectivity index (χ0v) is 12.6. The molecule has 0 unspecified atom stereocenters. The third-order valence-electron chi connectivity index (χ3n) is 2.54. The molecule has 0 saturated carbocycles. The van der Waals surface area contributed by atoms with E-state index in [0.717, 1.165) is 0 Å². The zero-order valence-electron chi connectivity index (χ0n) is 12.6. The van der Waals surface area contributed by atoms with Crippen molar-refractivity contribution in [2.24, 2.45) is 10.8 Å². The van der Waals surface area contributed by atoms with Crippen molar-refractivity contribution in [3.63, 3.8) is 0 Å². The summed E-state index contributed by atoms with van der Waals surface area (Å²) in [7, 11) is 0. The standard InChI is InChI=1S/C14H26O4/c1-12(2,3)18-10(15)8-13(4,5)9-14(6,7)11(16)17/h8-9H2,1-7H3,(H,16,17). The number of esters is 1. The number of rotatable bonds is 5. The predicted octanol–water partition coefficient (Wildman–Crippen LogP) is 3.25. The third-order valence-corrected chi connectivity index (χ3v) is 2.54. The molecule has 0 saturated heterocycles. The van der Waals surface area contributed by atoms with Crippen molar-refractivity contribution in [2.75, 3.05) is 0 Å². The zero-order chi connectivity index (χ0) is 14.8. The van der Waals surface area contributed by atoms with Crippen LogP contribution in [0, 0.1) is 10.8 Å². The quantitative estimate of drug-likeness (QED) is 0.769. The van der Waals surface area contributed by atoms with E-state index < -0.39 is 22.4 Å². The lowest BCUT2D eigenvalue weighted by atomic mass is 9.73. The minimum Gasteiger partial charge on any atom is -0.481 e. The Kier molecular flexibility index (Phi) is 4.98. The maximum Gasteiger partial charge on any atom is 0.309 e. The van der Waals surface area contributed by atoms with Gasteiger partial charge in [-0.15, -0.1) is 0 Å². The molecular formula is C14H26O4. The van der Waals surface area contributed by atoms with E-state index in [4.69, 9.17) is 9.84 Å². The van der Waals surface area contributed by atoms with Crippen molar-refractivity contribution >= 4 is 11.9 Å². The molecule has 0 spiro atoms. The highest BCUT2D eigenvalue weighted by Gasteiger charge is 2.36. The Bertz CT molecular complexity index is 321. The van der Waals surface area contributed by atoms with Gasteiger partial charge in [0.25, 0.3) is 0 Å². The molecule has 0 fully saturated rings. The van der Waals surface area contributed by atoms with Crippen LogP contribution in [0.4, 0.5) is 0 Å². The average molecular weight is 258 g/mol. The Hall–Kier alpha value is -1.06. The Morgan fingerprint density at radius 1 is 1.00 bits per heavy atom. The summed E-state index contributed by atoms with van der Waals surface area (Å²) in [4.78, 5) is 22.9. The molecule has 0 aliphatic heterocycles. The van der Waals surface area contributed by atoms with Crippen LogP contribution in [0.2, 0.25) is 0 Å². The second kappa shape index (κ2) is 5.29. The fourth-order valence-electron chi connectivity index (χ4n) is 2.10. The normalized spacial score (nSPS) is 13.3. The highest BCUT2D eigenvalue weighted by atomic mass is 16.6. The van der Waals surface area contributed by atoms with Crippen LogP contribution in [0.5, 0.6) is 0 Å². The van der Waals surface area contributed by atoms with Crippen molar-refractivity contribution in [3.05, 3.63) is 0 Å². The summed E-state index contributed by atoms with van der Waals surface area (Å²) < 4.78 is 5.26. The maximum atomic E-state index is 11.8. The molecule has 4 nitrogen and oxygen atoms in total. The third kappa shape index (κ3) is 6.62. The van der Waals surface area contributed by atoms with Crippen LogP contribution >= 0.6 is 0 Å². The number of carbonyl (C=O) groups excluding carboxylic acids is 1. The van der Waals surface area contributed by atoms with Gasteiger partial charge in [-0.3, -0.25) is 9.59 Å².